The average Bonchev–Trinajstić information content (AvgIpc) is 3.32. The zero-order valence-corrected chi connectivity index (χ0v) is 44.2. The van der Waals surface area contributed by atoms with Gasteiger partial charge >= 0.3 is 25.7 Å². The van der Waals surface area contributed by atoms with Crippen molar-refractivity contribution in [2.24, 2.45) is 0 Å². The minimum atomic E-state index is -4.76. The molecule has 3 atom stereocenters. The van der Waals surface area contributed by atoms with Crippen LogP contribution in [-0.2, 0) is 42.2 Å². The van der Waals surface area contributed by atoms with Gasteiger partial charge in [-0.2, -0.15) is 0 Å². The molecular formula is C56H99O11P. The van der Waals surface area contributed by atoms with Crippen LogP contribution in [0.3, 0.4) is 0 Å². The van der Waals surface area contributed by atoms with E-state index in [1.165, 1.54) is 109 Å². The summed E-state index contributed by atoms with van der Waals surface area (Å²) in [6.45, 7) is 4.43. The maximum atomic E-state index is 12.8. The molecule has 68 heavy (non-hydrogen) atoms. The molecule has 0 aromatic rings. The first kappa shape index (κ1) is 65.2. The van der Waals surface area contributed by atoms with Gasteiger partial charge < -0.3 is 24.2 Å². The highest BCUT2D eigenvalue weighted by molar-refractivity contribution is 7.47. The highest BCUT2D eigenvalue weighted by Crippen LogP contribution is 2.43. The Hall–Kier alpha value is -2.82. The number of phosphoric acid groups is 1. The Morgan fingerprint density at radius 3 is 1.26 bits per heavy atom. The number of aliphatic hydroxyl groups excluding tert-OH is 1. The molecule has 0 spiro atoms. The van der Waals surface area contributed by atoms with Crippen molar-refractivity contribution in [1.29, 1.82) is 0 Å². The molecule has 0 fully saturated rings. The number of unbranched alkanes of at least 4 members (excludes halogenated alkanes) is 23. The van der Waals surface area contributed by atoms with Gasteiger partial charge in [0.05, 0.1) is 19.8 Å². The molecule has 0 aliphatic heterocycles. The summed E-state index contributed by atoms with van der Waals surface area (Å²) < 4.78 is 39.3. The van der Waals surface area contributed by atoms with Gasteiger partial charge in [-0.15, -0.1) is 0 Å². The van der Waals surface area contributed by atoms with Crippen molar-refractivity contribution in [3.8, 4) is 0 Å². The van der Waals surface area contributed by atoms with E-state index in [1.54, 1.807) is 0 Å². The SMILES string of the molecule is CC/C=C\C/C=C\C/C=C\C/C=C\CCC(=O)OC(COC(=O)CCCCCCCCC/C=C\CCCCCCCC)COP(=O)(O)OCC(CO)OC(=O)CCCCCCCCCCCCC. The van der Waals surface area contributed by atoms with Crippen molar-refractivity contribution in [2.45, 2.75) is 251 Å². The number of allylic oxidation sites excluding steroid dienone is 10. The highest BCUT2D eigenvalue weighted by atomic mass is 31.2. The second kappa shape index (κ2) is 50.6. The number of ether oxygens (including phenoxy) is 3. The van der Waals surface area contributed by atoms with Crippen molar-refractivity contribution in [2.75, 3.05) is 26.4 Å². The van der Waals surface area contributed by atoms with Gasteiger partial charge in [-0.25, -0.2) is 4.57 Å². The lowest BCUT2D eigenvalue weighted by atomic mass is 10.1. The molecule has 394 valence electrons. The Bertz CT molecular complexity index is 1370. The Labute approximate surface area is 415 Å². The monoisotopic (exact) mass is 979 g/mol. The third-order valence-corrected chi connectivity index (χ3v) is 12.4. The van der Waals surface area contributed by atoms with Gasteiger partial charge in [-0.05, 0) is 70.6 Å². The molecule has 0 amide bonds. The Balaban J connectivity index is 4.78. The van der Waals surface area contributed by atoms with Crippen LogP contribution >= 0.6 is 7.82 Å². The van der Waals surface area contributed by atoms with Gasteiger partial charge in [-0.1, -0.05) is 210 Å². The first-order valence-corrected chi connectivity index (χ1v) is 28.7. The van der Waals surface area contributed by atoms with Crippen molar-refractivity contribution in [1.82, 2.24) is 0 Å². The molecule has 0 aromatic carbocycles. The van der Waals surface area contributed by atoms with E-state index in [0.717, 1.165) is 70.6 Å². The van der Waals surface area contributed by atoms with E-state index in [4.69, 9.17) is 23.3 Å². The van der Waals surface area contributed by atoms with Crippen molar-refractivity contribution >= 4 is 25.7 Å². The summed E-state index contributed by atoms with van der Waals surface area (Å²) in [7, 11) is -4.76. The number of hydrogen-bond acceptors (Lipinski definition) is 10. The largest absolute Gasteiger partial charge is 0.472 e. The predicted molar refractivity (Wildman–Crippen MR) is 279 cm³/mol. The normalized spacial score (nSPS) is 13.9. The van der Waals surface area contributed by atoms with E-state index in [2.05, 4.69) is 69.4 Å². The molecule has 0 aliphatic rings. The fourth-order valence-corrected chi connectivity index (χ4v) is 8.09. The van der Waals surface area contributed by atoms with Crippen LogP contribution in [0.1, 0.15) is 239 Å². The van der Waals surface area contributed by atoms with Crippen LogP contribution < -0.4 is 0 Å². The third kappa shape index (κ3) is 48.2. The number of aliphatic hydroxyl groups is 1. The van der Waals surface area contributed by atoms with Gasteiger partial charge in [0, 0.05) is 19.3 Å². The molecule has 0 radical (unpaired) electrons. The van der Waals surface area contributed by atoms with Crippen molar-refractivity contribution in [3.63, 3.8) is 0 Å². The number of carbonyl (C=O) groups excluding carboxylic acids is 3. The summed E-state index contributed by atoms with van der Waals surface area (Å²) in [5, 5.41) is 9.77. The van der Waals surface area contributed by atoms with E-state index in [0.29, 0.717) is 19.3 Å². The number of esters is 3. The molecule has 0 aromatic heterocycles. The van der Waals surface area contributed by atoms with Gasteiger partial charge in [0.1, 0.15) is 12.7 Å². The summed E-state index contributed by atoms with van der Waals surface area (Å²) in [6, 6.07) is 0. The molecule has 11 nitrogen and oxygen atoms in total. The number of carbonyl (C=O) groups is 3. The maximum absolute atomic E-state index is 12.8. The third-order valence-electron chi connectivity index (χ3n) is 11.4. The Kier molecular flexibility index (Phi) is 48.5. The highest BCUT2D eigenvalue weighted by Gasteiger charge is 2.28. The standard InChI is InChI=1S/C56H99O11P/c1-4-7-10-13-16-19-22-24-25-26-27-29-31-33-36-39-42-45-54(58)63-49-53(67-56(60)47-44-41-38-35-32-28-23-20-17-14-11-8-5-2)51-65-68(61,62)64-50-52(48-57)66-55(59)46-43-40-37-34-30-21-18-15-12-9-6-3/h8,11,17,20,24-25,28,32,38,41,52-53,57H,4-7,9-10,12-16,18-19,21-23,26-27,29-31,33-37,39-40,42-51H2,1-3H3,(H,61,62)/b11-8-,20-17-,25-24-,32-28-,41-38-. The molecular weight excluding hydrogens is 880 g/mol. The minimum Gasteiger partial charge on any atom is -0.462 e. The van der Waals surface area contributed by atoms with Crippen LogP contribution in [0.25, 0.3) is 0 Å². The lowest BCUT2D eigenvalue weighted by Crippen LogP contribution is -2.30. The fraction of sp³-hybridized carbons (Fsp3) is 0.768. The summed E-state index contributed by atoms with van der Waals surface area (Å²) in [6.07, 6.45) is 53.5. The first-order valence-electron chi connectivity index (χ1n) is 27.2. The number of rotatable bonds is 50. The van der Waals surface area contributed by atoms with Crippen LogP contribution in [-0.4, -0.2) is 66.5 Å². The van der Waals surface area contributed by atoms with Crippen LogP contribution in [0.4, 0.5) is 0 Å². The molecule has 12 heteroatoms. The minimum absolute atomic E-state index is 0.0463. The van der Waals surface area contributed by atoms with E-state index < -0.39 is 57.8 Å². The second-order valence-electron chi connectivity index (χ2n) is 18.0. The Morgan fingerprint density at radius 2 is 0.794 bits per heavy atom. The van der Waals surface area contributed by atoms with Crippen molar-refractivity contribution in [3.05, 3.63) is 60.8 Å². The summed E-state index contributed by atoms with van der Waals surface area (Å²) >= 11 is 0. The number of hydrogen-bond donors (Lipinski definition) is 2. The first-order chi connectivity index (χ1) is 33.2. The molecule has 0 saturated carbocycles. The smallest absolute Gasteiger partial charge is 0.462 e. The molecule has 0 bridgehead atoms. The van der Waals surface area contributed by atoms with E-state index in [-0.39, 0.29) is 25.9 Å². The predicted octanol–water partition coefficient (Wildman–Crippen LogP) is 15.6. The van der Waals surface area contributed by atoms with Crippen LogP contribution in [0.15, 0.2) is 60.8 Å². The quantitative estimate of drug-likeness (QED) is 0.0197. The molecule has 0 rings (SSSR count). The van der Waals surface area contributed by atoms with Crippen molar-refractivity contribution < 1.29 is 52.2 Å². The lowest BCUT2D eigenvalue weighted by Gasteiger charge is -2.21. The van der Waals surface area contributed by atoms with Gasteiger partial charge in [0.15, 0.2) is 6.10 Å². The maximum Gasteiger partial charge on any atom is 0.472 e. The summed E-state index contributed by atoms with van der Waals surface area (Å²) in [5.41, 5.74) is 0. The fourth-order valence-electron chi connectivity index (χ4n) is 7.31. The van der Waals surface area contributed by atoms with E-state index in [9.17, 15) is 28.9 Å². The molecule has 3 unspecified atom stereocenters. The topological polar surface area (TPSA) is 155 Å². The zero-order chi connectivity index (χ0) is 49.9. The van der Waals surface area contributed by atoms with Gasteiger partial charge in [0.2, 0.25) is 0 Å². The second-order valence-corrected chi connectivity index (χ2v) is 19.5. The summed E-state index contributed by atoms with van der Waals surface area (Å²) in [5.74, 6) is -1.56. The molecule has 0 heterocycles. The Morgan fingerprint density at radius 1 is 0.426 bits per heavy atom. The molecule has 2 N–H and O–H groups in total. The van der Waals surface area contributed by atoms with Crippen LogP contribution in [0, 0.1) is 0 Å². The van der Waals surface area contributed by atoms with Crippen LogP contribution in [0.2, 0.25) is 0 Å². The van der Waals surface area contributed by atoms with Gasteiger partial charge in [-0.3, -0.25) is 23.4 Å². The average molecular weight is 979 g/mol. The van der Waals surface area contributed by atoms with Crippen LogP contribution in [0.5, 0.6) is 0 Å². The van der Waals surface area contributed by atoms with E-state index in [1.807, 2.05) is 12.2 Å². The van der Waals surface area contributed by atoms with E-state index >= 15 is 0 Å². The molecule has 0 saturated heterocycles. The molecule has 0 aliphatic carbocycles. The lowest BCUT2D eigenvalue weighted by molar-refractivity contribution is -0.161. The number of phosphoric ester groups is 1. The summed E-state index contributed by atoms with van der Waals surface area (Å²) in [4.78, 5) is 48.3. The van der Waals surface area contributed by atoms with Gasteiger partial charge in [0.25, 0.3) is 0 Å². The zero-order valence-electron chi connectivity index (χ0n) is 43.3.